The quantitative estimate of drug-likeness (QED) is 0.622. The second kappa shape index (κ2) is 9.94. The minimum atomic E-state index is -3.42. The first kappa shape index (κ1) is 19.9. The molecule has 1 amide bonds. The third-order valence-corrected chi connectivity index (χ3v) is 5.23. The Labute approximate surface area is 154 Å². The minimum Gasteiger partial charge on any atom is -0.494 e. The largest absolute Gasteiger partial charge is 0.494 e. The highest BCUT2D eigenvalue weighted by molar-refractivity contribution is 7.89. The summed E-state index contributed by atoms with van der Waals surface area (Å²) in [6.07, 6.45) is 1.65. The summed E-state index contributed by atoms with van der Waals surface area (Å²) >= 11 is 0. The van der Waals surface area contributed by atoms with Gasteiger partial charge in [0.1, 0.15) is 5.75 Å². The lowest BCUT2D eigenvalue weighted by Gasteiger charge is -2.08. The molecule has 0 bridgehead atoms. The van der Waals surface area contributed by atoms with E-state index in [0.717, 1.165) is 17.7 Å². The first-order valence-corrected chi connectivity index (χ1v) is 9.96. The zero-order valence-corrected chi connectivity index (χ0v) is 15.6. The Hall–Kier alpha value is -2.38. The number of ether oxygens (including phenoxy) is 1. The van der Waals surface area contributed by atoms with Crippen LogP contribution in [0.25, 0.3) is 0 Å². The van der Waals surface area contributed by atoms with Gasteiger partial charge in [0.15, 0.2) is 0 Å². The first-order chi connectivity index (χ1) is 12.5. The maximum Gasteiger partial charge on any atom is 0.240 e. The lowest BCUT2D eigenvalue weighted by molar-refractivity contribution is -0.121. The molecule has 0 unspecified atom stereocenters. The van der Waals surface area contributed by atoms with Gasteiger partial charge in [0, 0.05) is 13.0 Å². The summed E-state index contributed by atoms with van der Waals surface area (Å²) in [6.45, 7) is 1.11. The minimum absolute atomic E-state index is 0.0309. The molecule has 2 N–H and O–H groups in total. The van der Waals surface area contributed by atoms with E-state index >= 15 is 0 Å². The second-order valence-corrected chi connectivity index (χ2v) is 7.60. The van der Waals surface area contributed by atoms with Crippen molar-refractivity contribution in [2.75, 3.05) is 20.2 Å². The van der Waals surface area contributed by atoms with Gasteiger partial charge in [-0.1, -0.05) is 30.3 Å². The molecule has 0 atom stereocenters. The van der Waals surface area contributed by atoms with Crippen molar-refractivity contribution in [3.8, 4) is 5.75 Å². The smallest absolute Gasteiger partial charge is 0.240 e. The highest BCUT2D eigenvalue weighted by Crippen LogP contribution is 2.11. The van der Waals surface area contributed by atoms with Crippen LogP contribution in [0.5, 0.6) is 5.75 Å². The van der Waals surface area contributed by atoms with Crippen LogP contribution >= 0.6 is 0 Å². The maximum absolute atomic E-state index is 11.9. The number of benzene rings is 2. The number of hydrogen-bond donors (Lipinski definition) is 2. The van der Waals surface area contributed by atoms with Crippen LogP contribution in [-0.4, -0.2) is 34.5 Å². The molecule has 0 radical (unpaired) electrons. The van der Waals surface area contributed by atoms with E-state index in [4.69, 9.17) is 4.74 Å². The average Bonchev–Trinajstić information content (AvgIpc) is 2.67. The molecule has 0 aliphatic carbocycles. The van der Waals surface area contributed by atoms with Crippen molar-refractivity contribution in [1.29, 1.82) is 0 Å². The summed E-state index contributed by atoms with van der Waals surface area (Å²) in [5, 5.41) is 2.86. The molecule has 0 aromatic heterocycles. The Morgan fingerprint density at radius 2 is 1.73 bits per heavy atom. The van der Waals surface area contributed by atoms with Crippen molar-refractivity contribution in [3.05, 3.63) is 60.2 Å². The molecule has 0 spiro atoms. The third-order valence-electron chi connectivity index (χ3n) is 3.80. The van der Waals surface area contributed by atoms with Crippen LogP contribution in [0.4, 0.5) is 0 Å². The van der Waals surface area contributed by atoms with E-state index in [-0.39, 0.29) is 10.8 Å². The van der Waals surface area contributed by atoms with Gasteiger partial charge in [-0.2, -0.15) is 0 Å². The monoisotopic (exact) mass is 376 g/mol. The predicted octanol–water partition coefficient (Wildman–Crippen LogP) is 2.11. The van der Waals surface area contributed by atoms with Crippen LogP contribution in [0.1, 0.15) is 18.4 Å². The molecule has 0 fully saturated rings. The van der Waals surface area contributed by atoms with Gasteiger partial charge < -0.3 is 10.1 Å². The number of hydrogen-bond acceptors (Lipinski definition) is 4. The maximum atomic E-state index is 11.9. The van der Waals surface area contributed by atoms with E-state index in [0.29, 0.717) is 26.0 Å². The molecule has 26 heavy (non-hydrogen) atoms. The van der Waals surface area contributed by atoms with Crippen LogP contribution in [-0.2, 0) is 21.2 Å². The van der Waals surface area contributed by atoms with Crippen LogP contribution in [0.15, 0.2) is 59.5 Å². The molecule has 2 aromatic rings. The van der Waals surface area contributed by atoms with E-state index in [1.807, 2.05) is 30.3 Å². The number of carbonyl (C=O) groups excluding carboxylic acids is 1. The summed E-state index contributed by atoms with van der Waals surface area (Å²) in [4.78, 5) is 12.1. The van der Waals surface area contributed by atoms with Crippen molar-refractivity contribution in [1.82, 2.24) is 10.0 Å². The number of sulfonamides is 1. The fourth-order valence-corrected chi connectivity index (χ4v) is 3.04. The van der Waals surface area contributed by atoms with Gasteiger partial charge >= 0.3 is 0 Å². The third kappa shape index (κ3) is 6.50. The lowest BCUT2D eigenvalue weighted by atomic mass is 10.1. The van der Waals surface area contributed by atoms with Crippen molar-refractivity contribution in [2.24, 2.45) is 0 Å². The lowest BCUT2D eigenvalue weighted by Crippen LogP contribution is -2.25. The average molecular weight is 376 g/mol. The number of nitrogens with one attached hydrogen (secondary N) is 2. The van der Waals surface area contributed by atoms with E-state index < -0.39 is 10.0 Å². The van der Waals surface area contributed by atoms with E-state index in [2.05, 4.69) is 10.0 Å². The van der Waals surface area contributed by atoms with Crippen LogP contribution < -0.4 is 14.8 Å². The zero-order valence-electron chi connectivity index (χ0n) is 14.8. The predicted molar refractivity (Wildman–Crippen MR) is 101 cm³/mol. The number of rotatable bonds is 10. The standard InChI is InChI=1S/C19H24N2O4S/c1-20-26(23,24)18-11-8-16(9-12-18)10-13-19(22)21-14-5-15-25-17-6-3-2-4-7-17/h2-4,6-9,11-12,20H,5,10,13-15H2,1H3,(H,21,22). The van der Waals surface area contributed by atoms with Crippen molar-refractivity contribution >= 4 is 15.9 Å². The zero-order chi connectivity index (χ0) is 18.8. The topological polar surface area (TPSA) is 84.5 Å². The highest BCUT2D eigenvalue weighted by atomic mass is 32.2. The molecule has 0 saturated heterocycles. The van der Waals surface area contributed by atoms with Gasteiger partial charge in [0.2, 0.25) is 15.9 Å². The van der Waals surface area contributed by atoms with E-state index in [1.54, 1.807) is 24.3 Å². The van der Waals surface area contributed by atoms with E-state index in [1.165, 1.54) is 7.05 Å². The number of amides is 1. The van der Waals surface area contributed by atoms with E-state index in [9.17, 15) is 13.2 Å². The van der Waals surface area contributed by atoms with Crippen LogP contribution in [0, 0.1) is 0 Å². The van der Waals surface area contributed by atoms with Gasteiger partial charge in [-0.3, -0.25) is 4.79 Å². The molecule has 140 valence electrons. The van der Waals surface area contributed by atoms with Crippen LogP contribution in [0.2, 0.25) is 0 Å². The number of carbonyl (C=O) groups is 1. The molecule has 0 aliphatic rings. The van der Waals surface area contributed by atoms with Crippen molar-refractivity contribution in [3.63, 3.8) is 0 Å². The van der Waals surface area contributed by atoms with Crippen LogP contribution in [0.3, 0.4) is 0 Å². The molecular formula is C19H24N2O4S. The molecule has 0 aliphatic heterocycles. The number of para-hydroxylation sites is 1. The summed E-state index contributed by atoms with van der Waals surface area (Å²) in [6, 6.07) is 16.1. The second-order valence-electron chi connectivity index (χ2n) is 5.72. The number of aryl methyl sites for hydroxylation is 1. The Bertz CT molecular complexity index is 790. The first-order valence-electron chi connectivity index (χ1n) is 8.48. The summed E-state index contributed by atoms with van der Waals surface area (Å²) in [7, 11) is -2.05. The molecule has 6 nitrogen and oxygen atoms in total. The fraction of sp³-hybridized carbons (Fsp3) is 0.316. The van der Waals surface area contributed by atoms with Gasteiger partial charge in [0.05, 0.1) is 11.5 Å². The Morgan fingerprint density at radius 3 is 2.38 bits per heavy atom. The van der Waals surface area contributed by atoms with Gasteiger partial charge in [0.25, 0.3) is 0 Å². The molecule has 7 heteroatoms. The Balaban J connectivity index is 1.64. The Kier molecular flexibility index (Phi) is 7.62. The molecule has 0 heterocycles. The highest BCUT2D eigenvalue weighted by Gasteiger charge is 2.10. The summed E-state index contributed by atoms with van der Waals surface area (Å²) in [5.41, 5.74) is 0.919. The molecule has 2 rings (SSSR count). The van der Waals surface area contributed by atoms with Gasteiger partial charge in [-0.15, -0.1) is 0 Å². The van der Waals surface area contributed by atoms with Crippen molar-refractivity contribution < 1.29 is 17.9 Å². The molecule has 0 saturated carbocycles. The Morgan fingerprint density at radius 1 is 1.04 bits per heavy atom. The molecule has 2 aromatic carbocycles. The SMILES string of the molecule is CNS(=O)(=O)c1ccc(CCC(=O)NCCCOc2ccccc2)cc1. The molecular weight excluding hydrogens is 352 g/mol. The fourth-order valence-electron chi connectivity index (χ4n) is 2.31. The van der Waals surface area contributed by atoms with Gasteiger partial charge in [-0.25, -0.2) is 13.1 Å². The van der Waals surface area contributed by atoms with Gasteiger partial charge in [-0.05, 0) is 49.7 Å². The van der Waals surface area contributed by atoms with Crippen molar-refractivity contribution in [2.45, 2.75) is 24.2 Å². The normalized spacial score (nSPS) is 11.1. The summed E-state index contributed by atoms with van der Waals surface area (Å²) in [5.74, 6) is 0.791. The summed E-state index contributed by atoms with van der Waals surface area (Å²) < 4.78 is 31.1.